The van der Waals surface area contributed by atoms with Crippen molar-refractivity contribution in [1.29, 1.82) is 0 Å². The Morgan fingerprint density at radius 3 is 2.10 bits per heavy atom. The monoisotopic (exact) mass is 379 g/mol. The third kappa shape index (κ3) is 4.09. The van der Waals surface area contributed by atoms with E-state index < -0.39 is 0 Å². The van der Waals surface area contributed by atoms with Gasteiger partial charge >= 0.3 is 0 Å². The van der Waals surface area contributed by atoms with Gasteiger partial charge in [-0.25, -0.2) is 4.90 Å². The summed E-state index contributed by atoms with van der Waals surface area (Å²) in [6, 6.07) is 30.3. The van der Waals surface area contributed by atoms with Gasteiger partial charge in [0.2, 0.25) is 5.91 Å². The van der Waals surface area contributed by atoms with Crippen LogP contribution in [0.3, 0.4) is 0 Å². The molecule has 0 aliphatic rings. The van der Waals surface area contributed by atoms with Gasteiger partial charge in [-0.2, -0.15) is 0 Å². The van der Waals surface area contributed by atoms with Gasteiger partial charge in [0, 0.05) is 5.56 Å². The molecule has 0 N–H and O–H groups in total. The van der Waals surface area contributed by atoms with Crippen molar-refractivity contribution in [2.24, 2.45) is 0 Å². The number of nitrogens with zero attached hydrogens (tertiary/aromatic N) is 1. The minimum atomic E-state index is -0.319. The highest BCUT2D eigenvalue weighted by molar-refractivity contribution is 6.22. The molecule has 0 unspecified atom stereocenters. The third-order valence-electron chi connectivity index (χ3n) is 4.94. The van der Waals surface area contributed by atoms with E-state index in [-0.39, 0.29) is 18.2 Å². The molecule has 0 saturated carbocycles. The number of anilines is 1. The van der Waals surface area contributed by atoms with Crippen molar-refractivity contribution in [1.82, 2.24) is 0 Å². The fraction of sp³-hybridized carbons (Fsp3) is 0.0769. The Labute approximate surface area is 170 Å². The summed E-state index contributed by atoms with van der Waals surface area (Å²) in [6.07, 6.45) is 0.161. The lowest BCUT2D eigenvalue weighted by molar-refractivity contribution is -0.117. The van der Waals surface area contributed by atoms with Crippen LogP contribution in [0.25, 0.3) is 10.8 Å². The number of fused-ring (bicyclic) bond motifs is 1. The predicted molar refractivity (Wildman–Crippen MR) is 117 cm³/mol. The second-order valence-electron chi connectivity index (χ2n) is 7.09. The van der Waals surface area contributed by atoms with Crippen molar-refractivity contribution in [3.05, 3.63) is 114 Å². The topological polar surface area (TPSA) is 37.4 Å². The molecule has 0 aromatic heterocycles. The van der Waals surface area contributed by atoms with E-state index in [4.69, 9.17) is 0 Å². The lowest BCUT2D eigenvalue weighted by Gasteiger charge is -2.22. The molecular weight excluding hydrogens is 358 g/mol. The van der Waals surface area contributed by atoms with E-state index in [0.29, 0.717) is 11.3 Å². The lowest BCUT2D eigenvalue weighted by atomic mass is 10.0. The molecule has 2 amide bonds. The maximum atomic E-state index is 13.4. The van der Waals surface area contributed by atoms with Crippen LogP contribution in [-0.2, 0) is 11.2 Å². The van der Waals surface area contributed by atoms with Crippen LogP contribution < -0.4 is 4.90 Å². The van der Waals surface area contributed by atoms with Crippen molar-refractivity contribution in [3.63, 3.8) is 0 Å². The largest absolute Gasteiger partial charge is 0.274 e. The molecule has 4 aromatic carbocycles. The zero-order valence-electron chi connectivity index (χ0n) is 16.2. The fourth-order valence-electron chi connectivity index (χ4n) is 3.37. The zero-order chi connectivity index (χ0) is 20.2. The van der Waals surface area contributed by atoms with Gasteiger partial charge in [-0.15, -0.1) is 0 Å². The zero-order valence-corrected chi connectivity index (χ0v) is 16.2. The summed E-state index contributed by atoms with van der Waals surface area (Å²) in [5.41, 5.74) is 3.02. The number of aryl methyl sites for hydroxylation is 1. The Morgan fingerprint density at radius 2 is 1.38 bits per heavy atom. The van der Waals surface area contributed by atoms with E-state index in [1.165, 1.54) is 4.90 Å². The molecule has 0 fully saturated rings. The summed E-state index contributed by atoms with van der Waals surface area (Å²) in [6.45, 7) is 1.98. The molecule has 4 rings (SSSR count). The van der Waals surface area contributed by atoms with Crippen LogP contribution in [0.1, 0.15) is 21.5 Å². The molecule has 3 heteroatoms. The highest BCUT2D eigenvalue weighted by Crippen LogP contribution is 2.22. The van der Waals surface area contributed by atoms with Gasteiger partial charge < -0.3 is 0 Å². The number of amides is 2. The van der Waals surface area contributed by atoms with Crippen LogP contribution in [0.15, 0.2) is 97.1 Å². The van der Waals surface area contributed by atoms with Gasteiger partial charge in [0.15, 0.2) is 0 Å². The number of hydrogen-bond acceptors (Lipinski definition) is 2. The summed E-state index contributed by atoms with van der Waals surface area (Å²) in [5.74, 6) is -0.571. The van der Waals surface area contributed by atoms with E-state index in [9.17, 15) is 9.59 Å². The average molecular weight is 379 g/mol. The number of carbonyl (C=O) groups is 2. The molecule has 0 heterocycles. The van der Waals surface area contributed by atoms with Crippen molar-refractivity contribution >= 4 is 28.3 Å². The fourth-order valence-corrected chi connectivity index (χ4v) is 3.37. The number of benzene rings is 4. The second-order valence-corrected chi connectivity index (χ2v) is 7.09. The SMILES string of the molecule is Cc1ccc(N(C(=O)Cc2ccccc2)C(=O)c2ccc3ccccc3c2)cc1. The highest BCUT2D eigenvalue weighted by Gasteiger charge is 2.25. The minimum absolute atomic E-state index is 0.161. The molecular formula is C26H21NO2. The van der Waals surface area contributed by atoms with Gasteiger partial charge in [-0.3, -0.25) is 9.59 Å². The van der Waals surface area contributed by atoms with Gasteiger partial charge in [0.25, 0.3) is 5.91 Å². The summed E-state index contributed by atoms with van der Waals surface area (Å²) in [5, 5.41) is 2.03. The Hall–Kier alpha value is -3.72. The van der Waals surface area contributed by atoms with Crippen LogP contribution in [0.4, 0.5) is 5.69 Å². The molecule has 3 nitrogen and oxygen atoms in total. The van der Waals surface area contributed by atoms with Crippen LogP contribution in [0.5, 0.6) is 0 Å². The normalized spacial score (nSPS) is 10.7. The third-order valence-corrected chi connectivity index (χ3v) is 4.94. The molecule has 0 spiro atoms. The minimum Gasteiger partial charge on any atom is -0.274 e. The number of rotatable bonds is 4. The quantitative estimate of drug-likeness (QED) is 0.465. The molecule has 0 bridgehead atoms. The van der Waals surface area contributed by atoms with Crippen LogP contribution in [0.2, 0.25) is 0 Å². The summed E-state index contributed by atoms with van der Waals surface area (Å²) >= 11 is 0. The average Bonchev–Trinajstić information content (AvgIpc) is 2.75. The Bertz CT molecular complexity index is 1160. The summed E-state index contributed by atoms with van der Waals surface area (Å²) in [7, 11) is 0. The number of hydrogen-bond donors (Lipinski definition) is 0. The highest BCUT2D eigenvalue weighted by atomic mass is 16.2. The first kappa shape index (κ1) is 18.6. The Morgan fingerprint density at radius 1 is 0.724 bits per heavy atom. The first-order valence-corrected chi connectivity index (χ1v) is 9.58. The van der Waals surface area contributed by atoms with E-state index in [0.717, 1.165) is 21.9 Å². The van der Waals surface area contributed by atoms with Crippen molar-refractivity contribution in [2.75, 3.05) is 4.90 Å². The van der Waals surface area contributed by atoms with Crippen molar-refractivity contribution in [2.45, 2.75) is 13.3 Å². The molecule has 0 aliphatic carbocycles. The second kappa shape index (κ2) is 8.11. The molecule has 0 saturated heterocycles. The van der Waals surface area contributed by atoms with Gasteiger partial charge in [-0.05, 0) is 47.5 Å². The standard InChI is InChI=1S/C26H21NO2/c1-19-11-15-24(16-12-19)27(25(28)17-20-7-3-2-4-8-20)26(29)23-14-13-21-9-5-6-10-22(21)18-23/h2-16,18H,17H2,1H3. The first-order chi connectivity index (χ1) is 14.1. The van der Waals surface area contributed by atoms with Crippen LogP contribution in [0, 0.1) is 6.92 Å². The van der Waals surface area contributed by atoms with Gasteiger partial charge in [0.05, 0.1) is 12.1 Å². The molecule has 0 aliphatic heterocycles. The van der Waals surface area contributed by atoms with Crippen LogP contribution in [-0.4, -0.2) is 11.8 Å². The van der Waals surface area contributed by atoms with Crippen molar-refractivity contribution in [3.8, 4) is 0 Å². The maximum Gasteiger partial charge on any atom is 0.265 e. The molecule has 4 aromatic rings. The first-order valence-electron chi connectivity index (χ1n) is 9.58. The van der Waals surface area contributed by atoms with E-state index in [1.807, 2.05) is 97.9 Å². The van der Waals surface area contributed by atoms with Gasteiger partial charge in [0.1, 0.15) is 0 Å². The van der Waals surface area contributed by atoms with Crippen LogP contribution >= 0.6 is 0 Å². The molecule has 0 atom stereocenters. The van der Waals surface area contributed by atoms with Crippen molar-refractivity contribution < 1.29 is 9.59 Å². The van der Waals surface area contributed by atoms with E-state index >= 15 is 0 Å². The summed E-state index contributed by atoms with van der Waals surface area (Å²) < 4.78 is 0. The Kier molecular flexibility index (Phi) is 5.21. The van der Waals surface area contributed by atoms with E-state index in [1.54, 1.807) is 6.07 Å². The molecule has 29 heavy (non-hydrogen) atoms. The molecule has 0 radical (unpaired) electrons. The lowest BCUT2D eigenvalue weighted by Crippen LogP contribution is -2.38. The maximum absolute atomic E-state index is 13.4. The smallest absolute Gasteiger partial charge is 0.265 e. The summed E-state index contributed by atoms with van der Waals surface area (Å²) in [4.78, 5) is 27.9. The predicted octanol–water partition coefficient (Wildman–Crippen LogP) is 5.56. The Balaban J connectivity index is 1.72. The van der Waals surface area contributed by atoms with E-state index in [2.05, 4.69) is 0 Å². The number of carbonyl (C=O) groups excluding carboxylic acids is 2. The number of imide groups is 1. The molecule has 142 valence electrons. The van der Waals surface area contributed by atoms with Gasteiger partial charge in [-0.1, -0.05) is 78.4 Å².